The standard InChI is InChI=1S/C13H15N3O3S/c1-2-14-6-12-15-16-13(20-12)17-7-9-3-4-10-11(5-9)19-8-18-10/h3-5,14H,2,6-8H2,1H3. The molecule has 1 N–H and O–H groups in total. The van der Waals surface area contributed by atoms with Gasteiger partial charge < -0.3 is 19.5 Å². The van der Waals surface area contributed by atoms with E-state index in [1.165, 1.54) is 11.3 Å². The summed E-state index contributed by atoms with van der Waals surface area (Å²) < 4.78 is 16.2. The molecule has 1 aliphatic heterocycles. The highest BCUT2D eigenvalue weighted by Crippen LogP contribution is 2.32. The molecule has 6 nitrogen and oxygen atoms in total. The summed E-state index contributed by atoms with van der Waals surface area (Å²) in [5, 5.41) is 12.8. The highest BCUT2D eigenvalue weighted by Gasteiger charge is 2.13. The molecule has 0 saturated carbocycles. The van der Waals surface area contributed by atoms with Crippen LogP contribution in [0.2, 0.25) is 0 Å². The third kappa shape index (κ3) is 3.00. The lowest BCUT2D eigenvalue weighted by Gasteiger charge is -2.03. The van der Waals surface area contributed by atoms with E-state index >= 15 is 0 Å². The number of rotatable bonds is 6. The smallest absolute Gasteiger partial charge is 0.294 e. The second-order valence-corrected chi connectivity index (χ2v) is 5.24. The molecule has 20 heavy (non-hydrogen) atoms. The Morgan fingerprint density at radius 1 is 1.30 bits per heavy atom. The van der Waals surface area contributed by atoms with Gasteiger partial charge in [-0.2, -0.15) is 0 Å². The minimum absolute atomic E-state index is 0.282. The normalized spacial score (nSPS) is 12.7. The Morgan fingerprint density at radius 2 is 2.20 bits per heavy atom. The second kappa shape index (κ2) is 6.06. The van der Waals surface area contributed by atoms with E-state index in [1.807, 2.05) is 18.2 Å². The Morgan fingerprint density at radius 3 is 3.10 bits per heavy atom. The molecule has 0 radical (unpaired) electrons. The summed E-state index contributed by atoms with van der Waals surface area (Å²) >= 11 is 1.45. The lowest BCUT2D eigenvalue weighted by atomic mass is 10.2. The molecule has 1 aromatic heterocycles. The fourth-order valence-electron chi connectivity index (χ4n) is 1.78. The zero-order chi connectivity index (χ0) is 13.8. The van der Waals surface area contributed by atoms with Crippen molar-refractivity contribution in [1.82, 2.24) is 15.5 Å². The van der Waals surface area contributed by atoms with E-state index in [2.05, 4.69) is 22.4 Å². The maximum absolute atomic E-state index is 5.63. The topological polar surface area (TPSA) is 65.5 Å². The van der Waals surface area contributed by atoms with Crippen molar-refractivity contribution in [2.45, 2.75) is 20.1 Å². The number of aromatic nitrogens is 2. The summed E-state index contributed by atoms with van der Waals surface area (Å²) in [6.07, 6.45) is 0. The van der Waals surface area contributed by atoms with Crippen molar-refractivity contribution in [3.05, 3.63) is 28.8 Å². The van der Waals surface area contributed by atoms with Gasteiger partial charge in [0.25, 0.3) is 5.19 Å². The van der Waals surface area contributed by atoms with E-state index < -0.39 is 0 Å². The van der Waals surface area contributed by atoms with E-state index in [4.69, 9.17) is 14.2 Å². The van der Waals surface area contributed by atoms with Gasteiger partial charge in [0, 0.05) is 6.54 Å². The van der Waals surface area contributed by atoms with Crippen LogP contribution in [0, 0.1) is 0 Å². The summed E-state index contributed by atoms with van der Waals surface area (Å²) in [5.74, 6) is 1.54. The molecular weight excluding hydrogens is 278 g/mol. The van der Waals surface area contributed by atoms with Crippen LogP contribution in [0.25, 0.3) is 0 Å². The first-order valence-corrected chi connectivity index (χ1v) is 7.21. The van der Waals surface area contributed by atoms with Crippen molar-refractivity contribution < 1.29 is 14.2 Å². The minimum atomic E-state index is 0.282. The third-order valence-electron chi connectivity index (χ3n) is 2.77. The van der Waals surface area contributed by atoms with Crippen LogP contribution >= 0.6 is 11.3 Å². The largest absolute Gasteiger partial charge is 0.464 e. The number of benzene rings is 1. The SMILES string of the molecule is CCNCc1nnc(OCc2ccc3c(c2)OCO3)s1. The highest BCUT2D eigenvalue weighted by molar-refractivity contribution is 7.13. The third-order valence-corrected chi connectivity index (χ3v) is 3.61. The monoisotopic (exact) mass is 293 g/mol. The van der Waals surface area contributed by atoms with Crippen molar-refractivity contribution in [3.63, 3.8) is 0 Å². The van der Waals surface area contributed by atoms with Gasteiger partial charge in [0.2, 0.25) is 6.79 Å². The molecule has 0 atom stereocenters. The Balaban J connectivity index is 1.57. The summed E-state index contributed by atoms with van der Waals surface area (Å²) in [5.41, 5.74) is 1.01. The lowest BCUT2D eigenvalue weighted by Crippen LogP contribution is -2.11. The number of hydrogen-bond donors (Lipinski definition) is 1. The van der Waals surface area contributed by atoms with Gasteiger partial charge in [-0.05, 0) is 24.2 Å². The van der Waals surface area contributed by atoms with Crippen LogP contribution in [0.3, 0.4) is 0 Å². The van der Waals surface area contributed by atoms with Gasteiger partial charge in [0.1, 0.15) is 11.6 Å². The molecule has 0 unspecified atom stereocenters. The minimum Gasteiger partial charge on any atom is -0.464 e. The van der Waals surface area contributed by atoms with Crippen LogP contribution in [0.1, 0.15) is 17.5 Å². The molecule has 2 heterocycles. The Hall–Kier alpha value is -1.86. The molecule has 0 aliphatic carbocycles. The predicted molar refractivity (Wildman–Crippen MR) is 74.2 cm³/mol. The second-order valence-electron chi connectivity index (χ2n) is 4.22. The van der Waals surface area contributed by atoms with Crippen LogP contribution in [-0.4, -0.2) is 23.5 Å². The number of nitrogens with zero attached hydrogens (tertiary/aromatic N) is 2. The maximum Gasteiger partial charge on any atom is 0.294 e. The quantitative estimate of drug-likeness (QED) is 0.878. The van der Waals surface area contributed by atoms with Gasteiger partial charge in [-0.15, -0.1) is 5.10 Å². The Labute approximate surface area is 120 Å². The molecular formula is C13H15N3O3S. The summed E-state index contributed by atoms with van der Waals surface area (Å²) in [4.78, 5) is 0. The fourth-order valence-corrected chi connectivity index (χ4v) is 2.43. The zero-order valence-corrected chi connectivity index (χ0v) is 11.9. The Bertz CT molecular complexity index is 588. The van der Waals surface area contributed by atoms with Gasteiger partial charge in [-0.1, -0.05) is 29.4 Å². The number of ether oxygens (including phenoxy) is 3. The van der Waals surface area contributed by atoms with E-state index in [1.54, 1.807) is 0 Å². The predicted octanol–water partition coefficient (Wildman–Crippen LogP) is 1.96. The van der Waals surface area contributed by atoms with E-state index in [-0.39, 0.29) is 6.79 Å². The summed E-state index contributed by atoms with van der Waals surface area (Å²) in [6.45, 7) is 4.41. The molecule has 0 bridgehead atoms. The van der Waals surface area contributed by atoms with Gasteiger partial charge >= 0.3 is 0 Å². The Kier molecular flexibility index (Phi) is 3.98. The average molecular weight is 293 g/mol. The molecule has 106 valence electrons. The molecule has 7 heteroatoms. The summed E-state index contributed by atoms with van der Waals surface area (Å²) in [7, 11) is 0. The van der Waals surface area contributed by atoms with Crippen molar-refractivity contribution in [2.24, 2.45) is 0 Å². The van der Waals surface area contributed by atoms with Crippen LogP contribution in [-0.2, 0) is 13.2 Å². The number of nitrogens with one attached hydrogen (secondary N) is 1. The maximum atomic E-state index is 5.63. The summed E-state index contributed by atoms with van der Waals surface area (Å²) in [6, 6.07) is 5.76. The van der Waals surface area contributed by atoms with Crippen molar-refractivity contribution in [3.8, 4) is 16.7 Å². The zero-order valence-electron chi connectivity index (χ0n) is 11.1. The van der Waals surface area contributed by atoms with E-state index in [0.29, 0.717) is 11.8 Å². The first kappa shape index (κ1) is 13.1. The number of fused-ring (bicyclic) bond motifs is 1. The van der Waals surface area contributed by atoms with Gasteiger partial charge in [-0.25, -0.2) is 0 Å². The highest BCUT2D eigenvalue weighted by atomic mass is 32.1. The van der Waals surface area contributed by atoms with Crippen molar-refractivity contribution >= 4 is 11.3 Å². The van der Waals surface area contributed by atoms with Gasteiger partial charge in [0.05, 0.1) is 0 Å². The van der Waals surface area contributed by atoms with Crippen LogP contribution < -0.4 is 19.5 Å². The van der Waals surface area contributed by atoms with E-state index in [9.17, 15) is 0 Å². The van der Waals surface area contributed by atoms with E-state index in [0.717, 1.165) is 35.2 Å². The molecule has 1 aromatic carbocycles. The first-order valence-electron chi connectivity index (χ1n) is 6.39. The van der Waals surface area contributed by atoms with Crippen LogP contribution in [0.5, 0.6) is 16.7 Å². The average Bonchev–Trinajstić information content (AvgIpc) is 3.11. The van der Waals surface area contributed by atoms with Crippen LogP contribution in [0.15, 0.2) is 18.2 Å². The van der Waals surface area contributed by atoms with Crippen molar-refractivity contribution in [1.29, 1.82) is 0 Å². The van der Waals surface area contributed by atoms with Crippen molar-refractivity contribution in [2.75, 3.05) is 13.3 Å². The number of hydrogen-bond acceptors (Lipinski definition) is 7. The molecule has 0 amide bonds. The first-order chi connectivity index (χ1) is 9.85. The van der Waals surface area contributed by atoms with Gasteiger partial charge in [0.15, 0.2) is 11.5 Å². The molecule has 0 fully saturated rings. The molecule has 3 rings (SSSR count). The molecule has 2 aromatic rings. The molecule has 0 saturated heterocycles. The lowest BCUT2D eigenvalue weighted by molar-refractivity contribution is 0.174. The molecule has 0 spiro atoms. The van der Waals surface area contributed by atoms with Crippen LogP contribution in [0.4, 0.5) is 0 Å². The fraction of sp³-hybridized carbons (Fsp3) is 0.385. The van der Waals surface area contributed by atoms with Gasteiger partial charge in [-0.3, -0.25) is 0 Å². The molecule has 1 aliphatic rings.